The molecule has 1 aliphatic rings. The van der Waals surface area contributed by atoms with Crippen LogP contribution >= 0.6 is 0 Å². The molecule has 0 fully saturated rings. The van der Waals surface area contributed by atoms with E-state index in [1.807, 2.05) is 24.3 Å². The zero-order chi connectivity index (χ0) is 12.3. The topological polar surface area (TPSA) is 40.5 Å². The van der Waals surface area contributed by atoms with Crippen molar-refractivity contribution in [1.29, 1.82) is 0 Å². The first-order chi connectivity index (χ1) is 8.27. The van der Waals surface area contributed by atoms with Gasteiger partial charge in [-0.3, -0.25) is 0 Å². The Bertz CT molecular complexity index is 372. The highest BCUT2D eigenvalue weighted by Crippen LogP contribution is 2.40. The van der Waals surface area contributed by atoms with E-state index in [4.69, 9.17) is 0 Å². The van der Waals surface area contributed by atoms with Crippen LogP contribution in [0.25, 0.3) is 0 Å². The van der Waals surface area contributed by atoms with Crippen LogP contribution in [-0.4, -0.2) is 23.4 Å². The molecule has 0 saturated heterocycles. The molecule has 0 aromatic heterocycles. The van der Waals surface area contributed by atoms with Gasteiger partial charge in [0.15, 0.2) is 0 Å². The van der Waals surface area contributed by atoms with Gasteiger partial charge in [-0.1, -0.05) is 49.4 Å². The maximum absolute atomic E-state index is 9.60. The summed E-state index contributed by atoms with van der Waals surface area (Å²) in [6.07, 6.45) is 4.20. The van der Waals surface area contributed by atoms with Crippen LogP contribution in [0, 0.1) is 17.8 Å². The highest BCUT2D eigenvalue weighted by atomic mass is 16.3. The Morgan fingerprint density at radius 1 is 1.00 bits per heavy atom. The summed E-state index contributed by atoms with van der Waals surface area (Å²) >= 11 is 0. The fourth-order valence-corrected chi connectivity index (χ4v) is 2.91. The summed E-state index contributed by atoms with van der Waals surface area (Å²) in [5.74, 6) is 0.879. The molecule has 0 heterocycles. The molecule has 0 radical (unpaired) electrons. The lowest BCUT2D eigenvalue weighted by Gasteiger charge is -2.37. The number of rotatable bonds is 3. The number of aliphatic hydroxyl groups is 2. The van der Waals surface area contributed by atoms with Gasteiger partial charge in [0, 0.05) is 19.1 Å². The average molecular weight is 232 g/mol. The van der Waals surface area contributed by atoms with Crippen LogP contribution in [0.2, 0.25) is 0 Å². The molecule has 92 valence electrons. The van der Waals surface area contributed by atoms with Gasteiger partial charge in [-0.2, -0.15) is 0 Å². The SMILES string of the molecule is CC1C=CC(CO)C(CO)C1c1ccccc1. The van der Waals surface area contributed by atoms with Gasteiger partial charge in [-0.05, 0) is 23.3 Å². The second-order valence-electron chi connectivity index (χ2n) is 4.87. The fourth-order valence-electron chi connectivity index (χ4n) is 2.91. The van der Waals surface area contributed by atoms with E-state index < -0.39 is 0 Å². The Labute approximate surface area is 103 Å². The quantitative estimate of drug-likeness (QED) is 0.784. The third kappa shape index (κ3) is 2.43. The summed E-state index contributed by atoms with van der Waals surface area (Å²) in [4.78, 5) is 0. The minimum absolute atomic E-state index is 0.0707. The van der Waals surface area contributed by atoms with E-state index in [1.165, 1.54) is 5.56 Å². The van der Waals surface area contributed by atoms with Crippen molar-refractivity contribution in [2.24, 2.45) is 17.8 Å². The second-order valence-corrected chi connectivity index (χ2v) is 4.87. The van der Waals surface area contributed by atoms with Gasteiger partial charge in [0.25, 0.3) is 0 Å². The molecule has 17 heavy (non-hydrogen) atoms. The van der Waals surface area contributed by atoms with Crippen LogP contribution in [0.3, 0.4) is 0 Å². The maximum Gasteiger partial charge on any atom is 0.0497 e. The number of allylic oxidation sites excluding steroid dienone is 1. The van der Waals surface area contributed by atoms with Crippen molar-refractivity contribution in [3.63, 3.8) is 0 Å². The van der Waals surface area contributed by atoms with Gasteiger partial charge in [-0.25, -0.2) is 0 Å². The van der Waals surface area contributed by atoms with E-state index in [9.17, 15) is 10.2 Å². The van der Waals surface area contributed by atoms with Gasteiger partial charge >= 0.3 is 0 Å². The minimum atomic E-state index is 0.0707. The lowest BCUT2D eigenvalue weighted by Crippen LogP contribution is -2.33. The van der Waals surface area contributed by atoms with Gasteiger partial charge in [0.2, 0.25) is 0 Å². The van der Waals surface area contributed by atoms with E-state index in [-0.39, 0.29) is 25.0 Å². The van der Waals surface area contributed by atoms with Crippen molar-refractivity contribution >= 4 is 0 Å². The van der Waals surface area contributed by atoms with Crippen LogP contribution in [0.15, 0.2) is 42.5 Å². The normalized spacial score (nSPS) is 32.6. The molecule has 1 aromatic rings. The van der Waals surface area contributed by atoms with E-state index >= 15 is 0 Å². The molecular weight excluding hydrogens is 212 g/mol. The average Bonchev–Trinajstić information content (AvgIpc) is 2.39. The summed E-state index contributed by atoms with van der Waals surface area (Å²) in [5.41, 5.74) is 1.25. The van der Waals surface area contributed by atoms with Gasteiger partial charge < -0.3 is 10.2 Å². The molecule has 0 saturated carbocycles. The summed E-state index contributed by atoms with van der Waals surface area (Å²) in [6, 6.07) is 10.3. The predicted molar refractivity (Wildman–Crippen MR) is 68.6 cm³/mol. The maximum atomic E-state index is 9.60. The van der Waals surface area contributed by atoms with Crippen LogP contribution < -0.4 is 0 Å². The monoisotopic (exact) mass is 232 g/mol. The third-order valence-electron chi connectivity index (χ3n) is 3.85. The molecule has 0 amide bonds. The number of hydrogen-bond donors (Lipinski definition) is 2. The van der Waals surface area contributed by atoms with Crippen LogP contribution in [0.1, 0.15) is 18.4 Å². The summed E-state index contributed by atoms with van der Waals surface area (Å²) in [5, 5.41) is 19.0. The van der Waals surface area contributed by atoms with E-state index in [2.05, 4.69) is 25.1 Å². The molecule has 4 unspecified atom stereocenters. The van der Waals surface area contributed by atoms with E-state index in [0.29, 0.717) is 11.8 Å². The molecule has 2 heteroatoms. The Balaban J connectivity index is 2.33. The standard InChI is InChI=1S/C15H20O2/c1-11-7-8-13(9-16)14(10-17)15(11)12-5-3-2-4-6-12/h2-8,11,13-17H,9-10H2,1H3. The predicted octanol–water partition coefficient (Wildman–Crippen LogP) is 2.19. The highest BCUT2D eigenvalue weighted by molar-refractivity contribution is 5.25. The Hall–Kier alpha value is -1.12. The zero-order valence-corrected chi connectivity index (χ0v) is 10.2. The van der Waals surface area contributed by atoms with Crippen LogP contribution in [0.4, 0.5) is 0 Å². The van der Waals surface area contributed by atoms with Crippen LogP contribution in [-0.2, 0) is 0 Å². The molecule has 0 spiro atoms. The van der Waals surface area contributed by atoms with Crippen molar-refractivity contribution in [1.82, 2.24) is 0 Å². The molecular formula is C15H20O2. The molecule has 2 nitrogen and oxygen atoms in total. The van der Waals surface area contributed by atoms with Crippen molar-refractivity contribution in [2.75, 3.05) is 13.2 Å². The van der Waals surface area contributed by atoms with Crippen molar-refractivity contribution in [3.8, 4) is 0 Å². The second kappa shape index (κ2) is 5.48. The van der Waals surface area contributed by atoms with Crippen molar-refractivity contribution < 1.29 is 10.2 Å². The van der Waals surface area contributed by atoms with Gasteiger partial charge in [0.1, 0.15) is 0 Å². The Kier molecular flexibility index (Phi) is 3.97. The van der Waals surface area contributed by atoms with Crippen LogP contribution in [0.5, 0.6) is 0 Å². The van der Waals surface area contributed by atoms with E-state index in [0.717, 1.165) is 0 Å². The lowest BCUT2D eigenvalue weighted by atomic mass is 9.68. The van der Waals surface area contributed by atoms with Gasteiger partial charge in [-0.15, -0.1) is 0 Å². The molecule has 0 aliphatic heterocycles. The highest BCUT2D eigenvalue weighted by Gasteiger charge is 2.34. The lowest BCUT2D eigenvalue weighted by molar-refractivity contribution is 0.108. The largest absolute Gasteiger partial charge is 0.396 e. The molecule has 4 atom stereocenters. The Morgan fingerprint density at radius 3 is 2.29 bits per heavy atom. The zero-order valence-electron chi connectivity index (χ0n) is 10.2. The molecule has 2 N–H and O–H groups in total. The minimum Gasteiger partial charge on any atom is -0.396 e. The summed E-state index contributed by atoms with van der Waals surface area (Å²) < 4.78 is 0. The number of hydrogen-bond acceptors (Lipinski definition) is 2. The molecule has 2 rings (SSSR count). The summed E-state index contributed by atoms with van der Waals surface area (Å²) in [6.45, 7) is 2.40. The van der Waals surface area contributed by atoms with Gasteiger partial charge in [0.05, 0.1) is 0 Å². The molecule has 1 aliphatic carbocycles. The first-order valence-corrected chi connectivity index (χ1v) is 6.23. The van der Waals surface area contributed by atoms with Crippen molar-refractivity contribution in [3.05, 3.63) is 48.0 Å². The smallest absolute Gasteiger partial charge is 0.0497 e. The first kappa shape index (κ1) is 12.3. The fraction of sp³-hybridized carbons (Fsp3) is 0.467. The van der Waals surface area contributed by atoms with E-state index in [1.54, 1.807) is 0 Å². The Morgan fingerprint density at radius 2 is 1.71 bits per heavy atom. The summed E-state index contributed by atoms with van der Waals surface area (Å²) in [7, 11) is 0. The third-order valence-corrected chi connectivity index (χ3v) is 3.85. The first-order valence-electron chi connectivity index (χ1n) is 6.23. The number of aliphatic hydroxyl groups excluding tert-OH is 2. The van der Waals surface area contributed by atoms with Crippen molar-refractivity contribution in [2.45, 2.75) is 12.8 Å². The molecule has 1 aromatic carbocycles. The number of benzene rings is 1. The molecule has 0 bridgehead atoms.